The minimum atomic E-state index is 0.0644. The fraction of sp³-hybridized carbons (Fsp3) is 0.167. The van der Waals surface area contributed by atoms with E-state index >= 15 is 0 Å². The summed E-state index contributed by atoms with van der Waals surface area (Å²) < 4.78 is 0. The Kier molecular flexibility index (Phi) is 2.57. The van der Waals surface area contributed by atoms with Crippen molar-refractivity contribution < 1.29 is 0 Å². The van der Waals surface area contributed by atoms with E-state index in [1.54, 1.807) is 0 Å². The molecule has 1 heterocycles. The summed E-state index contributed by atoms with van der Waals surface area (Å²) in [5, 5.41) is 1.16. The molecule has 98 valence electrons. The minimum absolute atomic E-state index is 0.0644. The number of rotatable bonds is 2. The van der Waals surface area contributed by atoms with Gasteiger partial charge in [-0.25, -0.2) is 0 Å². The van der Waals surface area contributed by atoms with Gasteiger partial charge in [-0.05, 0) is 41.3 Å². The quantitative estimate of drug-likeness (QED) is 0.765. The van der Waals surface area contributed by atoms with Crippen LogP contribution in [0.4, 0.5) is 0 Å². The molecule has 0 amide bonds. The Hall–Kier alpha value is -2.19. The second kappa shape index (κ2) is 4.43. The van der Waals surface area contributed by atoms with Crippen molar-refractivity contribution in [3.8, 4) is 0 Å². The predicted molar refractivity (Wildman–Crippen MR) is 81.6 cm³/mol. The highest BCUT2D eigenvalue weighted by Crippen LogP contribution is 2.42. The molecule has 0 spiro atoms. The summed E-state index contributed by atoms with van der Waals surface area (Å²) in [5.41, 5.74) is 11.6. The highest BCUT2D eigenvalue weighted by atomic mass is 14.7. The van der Waals surface area contributed by atoms with Crippen molar-refractivity contribution >= 4 is 10.9 Å². The van der Waals surface area contributed by atoms with Gasteiger partial charge in [0.25, 0.3) is 0 Å². The van der Waals surface area contributed by atoms with Crippen LogP contribution >= 0.6 is 0 Å². The standard InChI is InChI=1S/C18H16N2/c19-18(16-11-12-4-1-2-6-15(12)16)14-7-8-17-13(10-14)5-3-9-20-17/h1-10,16,18H,11,19H2. The monoisotopic (exact) mass is 260 g/mol. The number of hydrogen-bond donors (Lipinski definition) is 1. The third-order valence-electron chi connectivity index (χ3n) is 4.34. The molecule has 0 saturated carbocycles. The van der Waals surface area contributed by atoms with Gasteiger partial charge in [0.1, 0.15) is 0 Å². The molecule has 2 unspecified atom stereocenters. The maximum absolute atomic E-state index is 6.49. The lowest BCUT2D eigenvalue weighted by Gasteiger charge is -2.35. The van der Waals surface area contributed by atoms with Gasteiger partial charge < -0.3 is 5.73 Å². The van der Waals surface area contributed by atoms with E-state index in [1.165, 1.54) is 16.7 Å². The first-order chi connectivity index (χ1) is 9.83. The first-order valence-corrected chi connectivity index (χ1v) is 7.01. The molecule has 0 aliphatic heterocycles. The average Bonchev–Trinajstić information content (AvgIpc) is 2.48. The molecule has 3 aromatic rings. The molecule has 0 radical (unpaired) electrons. The lowest BCUT2D eigenvalue weighted by molar-refractivity contribution is 0.500. The van der Waals surface area contributed by atoms with Gasteiger partial charge in [-0.3, -0.25) is 4.98 Å². The highest BCUT2D eigenvalue weighted by molar-refractivity contribution is 5.79. The Labute approximate surface area is 118 Å². The summed E-state index contributed by atoms with van der Waals surface area (Å²) in [6, 6.07) is 19.1. The minimum Gasteiger partial charge on any atom is -0.323 e. The van der Waals surface area contributed by atoms with Crippen LogP contribution in [0.3, 0.4) is 0 Å². The first-order valence-electron chi connectivity index (χ1n) is 7.01. The van der Waals surface area contributed by atoms with Crippen LogP contribution in [-0.4, -0.2) is 4.98 Å². The topological polar surface area (TPSA) is 38.9 Å². The number of nitrogens with two attached hydrogens (primary N) is 1. The normalized spacial score (nSPS) is 18.4. The van der Waals surface area contributed by atoms with Crippen LogP contribution in [0.15, 0.2) is 60.8 Å². The Balaban J connectivity index is 1.70. The van der Waals surface area contributed by atoms with Crippen LogP contribution in [0.2, 0.25) is 0 Å². The Morgan fingerprint density at radius 3 is 2.85 bits per heavy atom. The van der Waals surface area contributed by atoms with Gasteiger partial charge in [-0.2, -0.15) is 0 Å². The van der Waals surface area contributed by atoms with E-state index in [1.807, 2.05) is 12.3 Å². The molecule has 2 atom stereocenters. The van der Waals surface area contributed by atoms with Crippen molar-refractivity contribution in [2.45, 2.75) is 18.4 Å². The molecular formula is C18H16N2. The molecule has 1 aromatic heterocycles. The van der Waals surface area contributed by atoms with Crippen molar-refractivity contribution in [3.05, 3.63) is 77.5 Å². The molecule has 0 bridgehead atoms. The van der Waals surface area contributed by atoms with Gasteiger partial charge in [-0.1, -0.05) is 36.4 Å². The number of pyridine rings is 1. The summed E-state index contributed by atoms with van der Waals surface area (Å²) >= 11 is 0. The Morgan fingerprint density at radius 1 is 1.05 bits per heavy atom. The molecule has 4 rings (SSSR count). The van der Waals surface area contributed by atoms with Crippen LogP contribution in [0, 0.1) is 0 Å². The van der Waals surface area contributed by atoms with Crippen molar-refractivity contribution in [2.24, 2.45) is 5.73 Å². The highest BCUT2D eigenvalue weighted by Gasteiger charge is 2.31. The Bertz CT molecular complexity index is 779. The van der Waals surface area contributed by atoms with E-state index in [9.17, 15) is 0 Å². The molecule has 2 nitrogen and oxygen atoms in total. The number of benzene rings is 2. The van der Waals surface area contributed by atoms with E-state index in [-0.39, 0.29) is 6.04 Å². The fourth-order valence-electron chi connectivity index (χ4n) is 3.15. The molecule has 2 heteroatoms. The number of fused-ring (bicyclic) bond motifs is 2. The summed E-state index contributed by atoms with van der Waals surface area (Å²) in [7, 11) is 0. The molecule has 1 aliphatic rings. The second-order valence-corrected chi connectivity index (χ2v) is 5.49. The smallest absolute Gasteiger partial charge is 0.0702 e. The van der Waals surface area contributed by atoms with E-state index in [4.69, 9.17) is 5.73 Å². The van der Waals surface area contributed by atoms with Crippen molar-refractivity contribution in [1.82, 2.24) is 4.98 Å². The number of aromatic nitrogens is 1. The lowest BCUT2D eigenvalue weighted by Crippen LogP contribution is -2.28. The van der Waals surface area contributed by atoms with Crippen LogP contribution < -0.4 is 5.73 Å². The fourth-order valence-corrected chi connectivity index (χ4v) is 3.15. The third kappa shape index (κ3) is 1.73. The van der Waals surface area contributed by atoms with Crippen molar-refractivity contribution in [3.63, 3.8) is 0 Å². The first kappa shape index (κ1) is 11.6. The summed E-state index contributed by atoms with van der Waals surface area (Å²) in [5.74, 6) is 0.445. The molecule has 20 heavy (non-hydrogen) atoms. The molecule has 0 fully saturated rings. The maximum Gasteiger partial charge on any atom is 0.0702 e. The molecular weight excluding hydrogens is 244 g/mol. The molecule has 2 N–H and O–H groups in total. The molecule has 2 aromatic carbocycles. The number of hydrogen-bond acceptors (Lipinski definition) is 2. The number of nitrogens with zero attached hydrogens (tertiary/aromatic N) is 1. The van der Waals surface area contributed by atoms with E-state index < -0.39 is 0 Å². The second-order valence-electron chi connectivity index (χ2n) is 5.49. The van der Waals surface area contributed by atoms with Crippen LogP contribution in [0.25, 0.3) is 10.9 Å². The zero-order valence-corrected chi connectivity index (χ0v) is 11.2. The SMILES string of the molecule is NC(c1ccc2ncccc2c1)C1Cc2ccccc21. The zero-order valence-electron chi connectivity index (χ0n) is 11.2. The van der Waals surface area contributed by atoms with E-state index in [0.717, 1.165) is 17.3 Å². The average molecular weight is 260 g/mol. The predicted octanol–water partition coefficient (Wildman–Crippen LogP) is 3.57. The van der Waals surface area contributed by atoms with Gasteiger partial charge in [0.15, 0.2) is 0 Å². The van der Waals surface area contributed by atoms with Crippen LogP contribution in [0.5, 0.6) is 0 Å². The maximum atomic E-state index is 6.49. The Morgan fingerprint density at radius 2 is 1.95 bits per heavy atom. The van der Waals surface area contributed by atoms with Gasteiger partial charge in [0.05, 0.1) is 5.52 Å². The molecule has 1 aliphatic carbocycles. The zero-order chi connectivity index (χ0) is 13.5. The largest absolute Gasteiger partial charge is 0.323 e. The van der Waals surface area contributed by atoms with E-state index in [0.29, 0.717) is 5.92 Å². The van der Waals surface area contributed by atoms with Gasteiger partial charge >= 0.3 is 0 Å². The summed E-state index contributed by atoms with van der Waals surface area (Å²) in [6.07, 6.45) is 2.91. The third-order valence-corrected chi connectivity index (χ3v) is 4.34. The van der Waals surface area contributed by atoms with Crippen molar-refractivity contribution in [1.29, 1.82) is 0 Å². The van der Waals surface area contributed by atoms with Crippen LogP contribution in [0.1, 0.15) is 28.7 Å². The van der Waals surface area contributed by atoms with Gasteiger partial charge in [0.2, 0.25) is 0 Å². The summed E-state index contributed by atoms with van der Waals surface area (Å²) in [6.45, 7) is 0. The van der Waals surface area contributed by atoms with Gasteiger partial charge in [0, 0.05) is 23.5 Å². The van der Waals surface area contributed by atoms with Gasteiger partial charge in [-0.15, -0.1) is 0 Å². The van der Waals surface area contributed by atoms with Crippen LogP contribution in [-0.2, 0) is 6.42 Å². The van der Waals surface area contributed by atoms with Crippen molar-refractivity contribution in [2.75, 3.05) is 0 Å². The summed E-state index contributed by atoms with van der Waals surface area (Å²) in [4.78, 5) is 4.36. The lowest BCUT2D eigenvalue weighted by atomic mass is 9.72. The van der Waals surface area contributed by atoms with E-state index in [2.05, 4.69) is 53.5 Å². The molecule has 0 saturated heterocycles.